The molecule has 3 aromatic carbocycles. The average molecular weight is 518 g/mol. The SMILES string of the molecule is C=NCCO[C@@H]1OC(COCc2ccccc2)C2(O)C(OCc3ccccc3)C2C1OCc1ccccc1. The van der Waals surface area contributed by atoms with Crippen molar-refractivity contribution < 1.29 is 28.8 Å². The number of aliphatic imine (C=N–C) groups is 1. The fraction of sp³-hybridized carbons (Fsp3) is 0.387. The zero-order valence-corrected chi connectivity index (χ0v) is 21.4. The lowest BCUT2D eigenvalue weighted by Gasteiger charge is -2.38. The Labute approximate surface area is 224 Å². The van der Waals surface area contributed by atoms with Gasteiger partial charge in [0.2, 0.25) is 0 Å². The van der Waals surface area contributed by atoms with Gasteiger partial charge in [0.05, 0.1) is 51.6 Å². The van der Waals surface area contributed by atoms with Gasteiger partial charge in [-0.3, -0.25) is 4.99 Å². The summed E-state index contributed by atoms with van der Waals surface area (Å²) in [5.74, 6) is -0.337. The van der Waals surface area contributed by atoms with Gasteiger partial charge in [0.15, 0.2) is 6.29 Å². The summed E-state index contributed by atoms with van der Waals surface area (Å²) in [5.41, 5.74) is 1.85. The van der Waals surface area contributed by atoms with Crippen LogP contribution in [0, 0.1) is 5.92 Å². The molecule has 1 aliphatic carbocycles. The minimum atomic E-state index is -1.26. The number of aliphatic hydroxyl groups is 1. The number of benzene rings is 3. The van der Waals surface area contributed by atoms with Crippen LogP contribution in [0.1, 0.15) is 16.7 Å². The average Bonchev–Trinajstić information content (AvgIpc) is 3.58. The van der Waals surface area contributed by atoms with Crippen LogP contribution in [0.25, 0.3) is 0 Å². The van der Waals surface area contributed by atoms with Crippen LogP contribution in [0.4, 0.5) is 0 Å². The highest BCUT2D eigenvalue weighted by Crippen LogP contribution is 2.57. The predicted octanol–water partition coefficient (Wildman–Crippen LogP) is 4.18. The lowest BCUT2D eigenvalue weighted by molar-refractivity contribution is -0.286. The fourth-order valence-electron chi connectivity index (χ4n) is 5.08. The molecular weight excluding hydrogens is 482 g/mol. The third-order valence-corrected chi connectivity index (χ3v) is 7.11. The molecule has 5 unspecified atom stereocenters. The van der Waals surface area contributed by atoms with E-state index in [-0.39, 0.29) is 12.5 Å². The van der Waals surface area contributed by atoms with E-state index < -0.39 is 30.2 Å². The van der Waals surface area contributed by atoms with E-state index in [0.29, 0.717) is 33.0 Å². The van der Waals surface area contributed by atoms with Crippen LogP contribution in [0.3, 0.4) is 0 Å². The number of ether oxygens (including phenoxy) is 5. The molecule has 1 N–H and O–H groups in total. The number of hydrogen-bond donors (Lipinski definition) is 1. The van der Waals surface area contributed by atoms with Gasteiger partial charge >= 0.3 is 0 Å². The summed E-state index contributed by atoms with van der Waals surface area (Å²) in [7, 11) is 0. The quantitative estimate of drug-likeness (QED) is 0.255. The van der Waals surface area contributed by atoms with Crippen molar-refractivity contribution >= 4 is 6.72 Å². The van der Waals surface area contributed by atoms with Crippen LogP contribution in [-0.2, 0) is 43.5 Å². The van der Waals surface area contributed by atoms with E-state index in [1.165, 1.54) is 0 Å². The molecule has 0 amide bonds. The van der Waals surface area contributed by atoms with Crippen LogP contribution in [0.2, 0.25) is 0 Å². The molecule has 0 aromatic heterocycles. The van der Waals surface area contributed by atoms with Crippen LogP contribution in [-0.4, -0.2) is 61.8 Å². The third-order valence-electron chi connectivity index (χ3n) is 7.11. The molecule has 5 rings (SSSR count). The third kappa shape index (κ3) is 6.21. The number of hydrogen-bond acceptors (Lipinski definition) is 7. The Morgan fingerprint density at radius 2 is 1.32 bits per heavy atom. The van der Waals surface area contributed by atoms with Gasteiger partial charge < -0.3 is 28.8 Å². The first kappa shape index (κ1) is 26.7. The molecule has 1 saturated heterocycles. The molecule has 3 aromatic rings. The molecule has 1 heterocycles. The molecule has 38 heavy (non-hydrogen) atoms. The second kappa shape index (κ2) is 12.8. The molecule has 2 aliphatic rings. The molecule has 0 bridgehead atoms. The molecule has 200 valence electrons. The molecule has 6 atom stereocenters. The minimum absolute atomic E-state index is 0.193. The van der Waals surface area contributed by atoms with E-state index in [4.69, 9.17) is 23.7 Å². The molecule has 1 aliphatic heterocycles. The van der Waals surface area contributed by atoms with Gasteiger partial charge in [-0.05, 0) is 23.4 Å². The Hall–Kier alpha value is -2.91. The van der Waals surface area contributed by atoms with E-state index in [0.717, 1.165) is 16.7 Å². The molecule has 1 saturated carbocycles. The minimum Gasteiger partial charge on any atom is -0.384 e. The second-order valence-corrected chi connectivity index (χ2v) is 9.70. The lowest BCUT2D eigenvalue weighted by Crippen LogP contribution is -2.52. The van der Waals surface area contributed by atoms with Crippen LogP contribution in [0.5, 0.6) is 0 Å². The van der Waals surface area contributed by atoms with Crippen molar-refractivity contribution in [2.75, 3.05) is 19.8 Å². The zero-order chi connectivity index (χ0) is 26.2. The number of rotatable bonds is 14. The van der Waals surface area contributed by atoms with Gasteiger partial charge in [-0.2, -0.15) is 0 Å². The summed E-state index contributed by atoms with van der Waals surface area (Å²) in [6.07, 6.45) is -2.37. The maximum absolute atomic E-state index is 11.9. The fourth-order valence-corrected chi connectivity index (χ4v) is 5.08. The van der Waals surface area contributed by atoms with Crippen LogP contribution < -0.4 is 0 Å². The normalized spacial score (nSPS) is 28.0. The van der Waals surface area contributed by atoms with E-state index in [2.05, 4.69) is 11.7 Å². The van der Waals surface area contributed by atoms with E-state index >= 15 is 0 Å². The van der Waals surface area contributed by atoms with Crippen molar-refractivity contribution in [3.63, 3.8) is 0 Å². The van der Waals surface area contributed by atoms with Gasteiger partial charge in [-0.1, -0.05) is 91.0 Å². The highest BCUT2D eigenvalue weighted by Gasteiger charge is 2.77. The van der Waals surface area contributed by atoms with E-state index in [1.54, 1.807) is 0 Å². The lowest BCUT2D eigenvalue weighted by atomic mass is 10.0. The first-order valence-corrected chi connectivity index (χ1v) is 13.0. The molecular formula is C31H35NO6. The standard InChI is InChI=1S/C31H35NO6/c1-32-17-18-35-30-28(36-20-24-13-7-3-8-14-24)27-29(37-21-25-15-9-4-10-16-25)31(27,33)26(38-30)22-34-19-23-11-5-2-6-12-23/h2-16,26-30,33H,1,17-22H2/t26?,27?,28?,29?,30-,31?/m1/s1. The van der Waals surface area contributed by atoms with Crippen LogP contribution in [0.15, 0.2) is 96.0 Å². The molecule has 0 spiro atoms. The summed E-state index contributed by atoms with van der Waals surface area (Å²) in [6, 6.07) is 29.8. The van der Waals surface area contributed by atoms with Crippen LogP contribution >= 0.6 is 0 Å². The maximum atomic E-state index is 11.9. The highest BCUT2D eigenvalue weighted by molar-refractivity contribution is 5.25. The summed E-state index contributed by atoms with van der Waals surface area (Å²) < 4.78 is 31.1. The second-order valence-electron chi connectivity index (χ2n) is 9.70. The van der Waals surface area contributed by atoms with Gasteiger partial charge in [0, 0.05) is 0 Å². The number of fused-ring (bicyclic) bond motifs is 1. The Morgan fingerprint density at radius 3 is 1.89 bits per heavy atom. The first-order valence-electron chi connectivity index (χ1n) is 13.0. The molecule has 7 heteroatoms. The van der Waals surface area contributed by atoms with Crippen molar-refractivity contribution in [2.24, 2.45) is 10.9 Å². The largest absolute Gasteiger partial charge is 0.384 e. The smallest absolute Gasteiger partial charge is 0.184 e. The van der Waals surface area contributed by atoms with E-state index in [1.807, 2.05) is 91.0 Å². The van der Waals surface area contributed by atoms with Gasteiger partial charge in [0.1, 0.15) is 17.8 Å². The summed E-state index contributed by atoms with van der Waals surface area (Å²) in [6.45, 7) is 5.65. The Kier molecular flexibility index (Phi) is 8.96. The molecule has 7 nitrogen and oxygen atoms in total. The Morgan fingerprint density at radius 1 is 0.763 bits per heavy atom. The summed E-state index contributed by atoms with van der Waals surface area (Å²) >= 11 is 0. The Bertz CT molecular complexity index is 1130. The summed E-state index contributed by atoms with van der Waals surface area (Å²) in [4.78, 5) is 3.89. The highest BCUT2D eigenvalue weighted by atomic mass is 16.7. The zero-order valence-electron chi connectivity index (χ0n) is 21.4. The summed E-state index contributed by atoms with van der Waals surface area (Å²) in [5, 5.41) is 11.9. The van der Waals surface area contributed by atoms with Crippen molar-refractivity contribution in [1.29, 1.82) is 0 Å². The van der Waals surface area contributed by atoms with Crippen molar-refractivity contribution in [2.45, 2.75) is 50.0 Å². The number of nitrogens with zero attached hydrogens (tertiary/aromatic N) is 1. The van der Waals surface area contributed by atoms with Gasteiger partial charge in [0.25, 0.3) is 0 Å². The van der Waals surface area contributed by atoms with Crippen molar-refractivity contribution in [3.05, 3.63) is 108 Å². The predicted molar refractivity (Wildman–Crippen MR) is 144 cm³/mol. The van der Waals surface area contributed by atoms with E-state index in [9.17, 15) is 5.11 Å². The monoisotopic (exact) mass is 517 g/mol. The van der Waals surface area contributed by atoms with Crippen molar-refractivity contribution in [3.8, 4) is 0 Å². The first-order chi connectivity index (χ1) is 18.7. The molecule has 0 radical (unpaired) electrons. The maximum Gasteiger partial charge on any atom is 0.184 e. The van der Waals surface area contributed by atoms with Gasteiger partial charge in [-0.25, -0.2) is 0 Å². The van der Waals surface area contributed by atoms with Crippen molar-refractivity contribution in [1.82, 2.24) is 0 Å². The van der Waals surface area contributed by atoms with Gasteiger partial charge in [-0.15, -0.1) is 0 Å². The molecule has 2 fully saturated rings. The Balaban J connectivity index is 1.33. The topological polar surface area (TPSA) is 78.7 Å².